The minimum Gasteiger partial charge on any atom is -0.192 e. The Hall–Kier alpha value is -1.29. The van der Waals surface area contributed by atoms with Gasteiger partial charge in [0.2, 0.25) is 0 Å². The van der Waals surface area contributed by atoms with E-state index in [4.69, 9.17) is 5.26 Å². The average molecular weight is 173 g/mol. The van der Waals surface area contributed by atoms with Crippen LogP contribution in [0, 0.1) is 17.2 Å². The Balaban J connectivity index is 2.87. The molecule has 0 aromatic heterocycles. The van der Waals surface area contributed by atoms with Crippen molar-refractivity contribution in [3.63, 3.8) is 0 Å². The van der Waals surface area contributed by atoms with Gasteiger partial charge >= 0.3 is 0 Å². The van der Waals surface area contributed by atoms with Crippen LogP contribution in [0.4, 0.5) is 0 Å². The van der Waals surface area contributed by atoms with Gasteiger partial charge in [-0.15, -0.1) is 0 Å². The van der Waals surface area contributed by atoms with E-state index in [-0.39, 0.29) is 0 Å². The molecule has 0 aliphatic rings. The molecule has 1 nitrogen and oxygen atoms in total. The summed E-state index contributed by atoms with van der Waals surface area (Å²) in [6, 6.07) is 9.98. The summed E-state index contributed by atoms with van der Waals surface area (Å²) in [7, 11) is 0. The van der Waals surface area contributed by atoms with Crippen molar-refractivity contribution in [3.05, 3.63) is 35.4 Å². The van der Waals surface area contributed by atoms with E-state index in [0.717, 1.165) is 5.56 Å². The lowest BCUT2D eigenvalue weighted by atomic mass is 9.90. The maximum atomic E-state index is 8.63. The summed E-state index contributed by atoms with van der Waals surface area (Å²) in [6.45, 7) is 6.64. The van der Waals surface area contributed by atoms with Crippen LogP contribution in [-0.2, 0) is 0 Å². The van der Waals surface area contributed by atoms with Crippen molar-refractivity contribution >= 4 is 0 Å². The smallest absolute Gasteiger partial charge is 0.0991 e. The lowest BCUT2D eigenvalue weighted by Gasteiger charge is -2.15. The van der Waals surface area contributed by atoms with Crippen molar-refractivity contribution in [2.75, 3.05) is 0 Å². The number of hydrogen-bond acceptors (Lipinski definition) is 1. The largest absolute Gasteiger partial charge is 0.192 e. The van der Waals surface area contributed by atoms with Gasteiger partial charge < -0.3 is 0 Å². The maximum absolute atomic E-state index is 8.63. The maximum Gasteiger partial charge on any atom is 0.0991 e. The van der Waals surface area contributed by atoms with Crippen LogP contribution in [0.15, 0.2) is 24.3 Å². The number of hydrogen-bond donors (Lipinski definition) is 0. The van der Waals surface area contributed by atoms with E-state index >= 15 is 0 Å². The highest BCUT2D eigenvalue weighted by molar-refractivity contribution is 5.32. The van der Waals surface area contributed by atoms with Crippen molar-refractivity contribution < 1.29 is 0 Å². The second-order valence-electron chi connectivity index (χ2n) is 3.77. The molecule has 0 heterocycles. The van der Waals surface area contributed by atoms with Crippen LogP contribution in [0.5, 0.6) is 0 Å². The molecule has 13 heavy (non-hydrogen) atoms. The van der Waals surface area contributed by atoms with Gasteiger partial charge in [0, 0.05) is 0 Å². The van der Waals surface area contributed by atoms with Gasteiger partial charge in [0.1, 0.15) is 0 Å². The zero-order chi connectivity index (χ0) is 9.84. The van der Waals surface area contributed by atoms with Crippen LogP contribution in [-0.4, -0.2) is 0 Å². The fourth-order valence-corrected chi connectivity index (χ4v) is 1.25. The molecule has 0 N–H and O–H groups in total. The topological polar surface area (TPSA) is 23.8 Å². The molecule has 68 valence electrons. The van der Waals surface area contributed by atoms with Gasteiger partial charge in [-0.3, -0.25) is 0 Å². The third-order valence-corrected chi connectivity index (χ3v) is 2.57. The third-order valence-electron chi connectivity index (χ3n) is 2.57. The molecule has 0 spiro atoms. The minimum absolute atomic E-state index is 0.563. The average Bonchev–Trinajstić information content (AvgIpc) is 2.17. The summed E-state index contributed by atoms with van der Waals surface area (Å²) in [5, 5.41) is 8.63. The van der Waals surface area contributed by atoms with E-state index in [2.05, 4.69) is 26.8 Å². The first-order valence-corrected chi connectivity index (χ1v) is 4.65. The van der Waals surface area contributed by atoms with E-state index in [1.165, 1.54) is 5.56 Å². The molecule has 1 atom stereocenters. The molecule has 0 saturated heterocycles. The number of rotatable bonds is 2. The van der Waals surface area contributed by atoms with Gasteiger partial charge in [-0.2, -0.15) is 5.26 Å². The monoisotopic (exact) mass is 173 g/mol. The summed E-state index contributed by atoms with van der Waals surface area (Å²) in [5.41, 5.74) is 2.05. The van der Waals surface area contributed by atoms with Crippen LogP contribution in [0.3, 0.4) is 0 Å². The fourth-order valence-electron chi connectivity index (χ4n) is 1.25. The second kappa shape index (κ2) is 4.09. The Kier molecular flexibility index (Phi) is 3.08. The molecule has 1 heteroatoms. The van der Waals surface area contributed by atoms with E-state index in [9.17, 15) is 0 Å². The lowest BCUT2D eigenvalue weighted by Crippen LogP contribution is -2.01. The molecule has 1 aromatic rings. The first kappa shape index (κ1) is 9.80. The molecular formula is C12H15N. The Morgan fingerprint density at radius 3 is 2.00 bits per heavy atom. The zero-order valence-corrected chi connectivity index (χ0v) is 8.41. The third kappa shape index (κ3) is 2.32. The Morgan fingerprint density at radius 1 is 1.08 bits per heavy atom. The quantitative estimate of drug-likeness (QED) is 0.673. The molecule has 0 unspecified atom stereocenters. The van der Waals surface area contributed by atoms with Gasteiger partial charge in [-0.05, 0) is 29.5 Å². The van der Waals surface area contributed by atoms with Crippen LogP contribution >= 0.6 is 0 Å². The highest BCUT2D eigenvalue weighted by Crippen LogP contribution is 2.23. The Bertz CT molecular complexity index is 303. The minimum atomic E-state index is 0.563. The first-order chi connectivity index (χ1) is 6.15. The molecule has 0 saturated carbocycles. The molecule has 0 bridgehead atoms. The van der Waals surface area contributed by atoms with E-state index in [0.29, 0.717) is 11.8 Å². The predicted molar refractivity (Wildman–Crippen MR) is 54.4 cm³/mol. The summed E-state index contributed by atoms with van der Waals surface area (Å²) in [6.07, 6.45) is 0. The lowest BCUT2D eigenvalue weighted by molar-refractivity contribution is 0.535. The van der Waals surface area contributed by atoms with Gasteiger partial charge in [0.15, 0.2) is 0 Å². The van der Waals surface area contributed by atoms with Gasteiger partial charge in [-0.1, -0.05) is 32.9 Å². The Morgan fingerprint density at radius 2 is 1.62 bits per heavy atom. The van der Waals surface area contributed by atoms with Crippen LogP contribution < -0.4 is 0 Å². The van der Waals surface area contributed by atoms with E-state index < -0.39 is 0 Å². The molecule has 1 rings (SSSR count). The molecule has 0 fully saturated rings. The summed E-state index contributed by atoms with van der Waals surface area (Å²) < 4.78 is 0. The molecule has 0 amide bonds. The van der Waals surface area contributed by atoms with Crippen molar-refractivity contribution in [2.24, 2.45) is 5.92 Å². The molecule has 0 aliphatic heterocycles. The number of nitrogens with zero attached hydrogens (tertiary/aromatic N) is 1. The predicted octanol–water partition coefficient (Wildman–Crippen LogP) is 3.32. The van der Waals surface area contributed by atoms with Gasteiger partial charge in [-0.25, -0.2) is 0 Å². The molecule has 0 radical (unpaired) electrons. The standard InChI is InChI=1S/C12H15N/c1-9(2)10(3)12-6-4-11(8-13)5-7-12/h4-7,9-10H,1-3H3/t10-/m0/s1. The summed E-state index contributed by atoms with van der Waals surface area (Å²) in [5.74, 6) is 1.21. The highest BCUT2D eigenvalue weighted by Gasteiger charge is 2.08. The van der Waals surface area contributed by atoms with E-state index in [1.807, 2.05) is 24.3 Å². The zero-order valence-electron chi connectivity index (χ0n) is 8.41. The fraction of sp³-hybridized carbons (Fsp3) is 0.417. The van der Waals surface area contributed by atoms with Crippen molar-refractivity contribution in [3.8, 4) is 6.07 Å². The normalized spacial score (nSPS) is 12.5. The van der Waals surface area contributed by atoms with Crippen LogP contribution in [0.1, 0.15) is 37.8 Å². The van der Waals surface area contributed by atoms with E-state index in [1.54, 1.807) is 0 Å². The molecular weight excluding hydrogens is 158 g/mol. The highest BCUT2D eigenvalue weighted by atomic mass is 14.2. The van der Waals surface area contributed by atoms with Gasteiger partial charge in [0.25, 0.3) is 0 Å². The van der Waals surface area contributed by atoms with Crippen LogP contribution in [0.2, 0.25) is 0 Å². The van der Waals surface area contributed by atoms with Crippen LogP contribution in [0.25, 0.3) is 0 Å². The molecule has 1 aromatic carbocycles. The van der Waals surface area contributed by atoms with Crippen molar-refractivity contribution in [1.29, 1.82) is 5.26 Å². The number of benzene rings is 1. The van der Waals surface area contributed by atoms with Crippen molar-refractivity contribution in [1.82, 2.24) is 0 Å². The Labute approximate surface area is 80.0 Å². The summed E-state index contributed by atoms with van der Waals surface area (Å²) >= 11 is 0. The second-order valence-corrected chi connectivity index (χ2v) is 3.77. The summed E-state index contributed by atoms with van der Waals surface area (Å²) in [4.78, 5) is 0. The van der Waals surface area contributed by atoms with Gasteiger partial charge in [0.05, 0.1) is 11.6 Å². The molecule has 0 aliphatic carbocycles. The SMILES string of the molecule is CC(C)[C@H](C)c1ccc(C#N)cc1. The first-order valence-electron chi connectivity index (χ1n) is 4.65. The van der Waals surface area contributed by atoms with Crippen molar-refractivity contribution in [2.45, 2.75) is 26.7 Å². The number of nitriles is 1.